The summed E-state index contributed by atoms with van der Waals surface area (Å²) in [4.78, 5) is 13.1. The lowest BCUT2D eigenvalue weighted by Gasteiger charge is -2.14. The zero-order chi connectivity index (χ0) is 16.2. The van der Waals surface area contributed by atoms with Crippen LogP contribution in [-0.2, 0) is 11.4 Å². The van der Waals surface area contributed by atoms with Gasteiger partial charge in [-0.1, -0.05) is 48.5 Å². The van der Waals surface area contributed by atoms with Crippen LogP contribution < -0.4 is 4.74 Å². The van der Waals surface area contributed by atoms with Gasteiger partial charge in [-0.05, 0) is 29.2 Å². The second-order valence-electron chi connectivity index (χ2n) is 5.79. The van der Waals surface area contributed by atoms with Crippen molar-refractivity contribution in [1.82, 2.24) is 4.90 Å². The van der Waals surface area contributed by atoms with Gasteiger partial charge >= 0.3 is 0 Å². The Hall–Kier alpha value is -2.55. The molecule has 0 aliphatic carbocycles. The number of rotatable bonds is 3. The average molecular weight is 307 g/mol. The normalized spacial score (nSPS) is 14.4. The van der Waals surface area contributed by atoms with Gasteiger partial charge in [-0.25, -0.2) is 0 Å². The van der Waals surface area contributed by atoms with Crippen molar-refractivity contribution in [2.75, 3.05) is 13.6 Å². The number of ether oxygens (including phenoxy) is 1. The summed E-state index contributed by atoms with van der Waals surface area (Å²) in [5, 5.41) is 0. The highest BCUT2D eigenvalue weighted by molar-refractivity contribution is 5.85. The summed E-state index contributed by atoms with van der Waals surface area (Å²) in [6, 6.07) is 16.5. The van der Waals surface area contributed by atoms with E-state index in [1.165, 1.54) is 16.7 Å². The molecule has 2 aromatic carbocycles. The SMILES string of the molecule is CC(=O)N(C)CC/C=C1/c2ccccc2COc2ccccc21. The van der Waals surface area contributed by atoms with Gasteiger partial charge < -0.3 is 9.64 Å². The molecule has 3 nitrogen and oxygen atoms in total. The average Bonchev–Trinajstić information content (AvgIpc) is 2.72. The van der Waals surface area contributed by atoms with E-state index in [-0.39, 0.29) is 5.91 Å². The van der Waals surface area contributed by atoms with E-state index in [1.807, 2.05) is 31.3 Å². The van der Waals surface area contributed by atoms with E-state index >= 15 is 0 Å². The second kappa shape index (κ2) is 6.69. The van der Waals surface area contributed by atoms with Crippen LogP contribution >= 0.6 is 0 Å². The van der Waals surface area contributed by atoms with Gasteiger partial charge in [-0.3, -0.25) is 4.79 Å². The van der Waals surface area contributed by atoms with Gasteiger partial charge in [0.1, 0.15) is 12.4 Å². The summed E-state index contributed by atoms with van der Waals surface area (Å²) in [5.41, 5.74) is 4.70. The molecule has 118 valence electrons. The van der Waals surface area contributed by atoms with E-state index in [1.54, 1.807) is 11.8 Å². The van der Waals surface area contributed by atoms with Crippen LogP contribution in [0.2, 0.25) is 0 Å². The van der Waals surface area contributed by atoms with Crippen LogP contribution in [0.1, 0.15) is 30.0 Å². The van der Waals surface area contributed by atoms with Gasteiger partial charge in [0.2, 0.25) is 5.91 Å². The number of carbonyl (C=O) groups excluding carboxylic acids is 1. The van der Waals surface area contributed by atoms with Crippen molar-refractivity contribution in [3.63, 3.8) is 0 Å². The Kier molecular flexibility index (Phi) is 4.47. The fraction of sp³-hybridized carbons (Fsp3) is 0.250. The van der Waals surface area contributed by atoms with E-state index in [0.29, 0.717) is 13.2 Å². The number of para-hydroxylation sites is 1. The lowest BCUT2D eigenvalue weighted by Crippen LogP contribution is -2.24. The van der Waals surface area contributed by atoms with Crippen molar-refractivity contribution in [2.24, 2.45) is 0 Å². The third-order valence-corrected chi connectivity index (χ3v) is 4.22. The molecule has 0 fully saturated rings. The Morgan fingerprint density at radius 3 is 2.61 bits per heavy atom. The van der Waals surface area contributed by atoms with Gasteiger partial charge in [-0.15, -0.1) is 0 Å². The molecule has 0 bridgehead atoms. The molecule has 0 spiro atoms. The Morgan fingerprint density at radius 1 is 1.13 bits per heavy atom. The topological polar surface area (TPSA) is 29.5 Å². The first-order chi connectivity index (χ1) is 11.2. The molecule has 1 amide bonds. The van der Waals surface area contributed by atoms with E-state index in [9.17, 15) is 4.79 Å². The predicted molar refractivity (Wildman–Crippen MR) is 92.2 cm³/mol. The minimum Gasteiger partial charge on any atom is -0.488 e. The van der Waals surface area contributed by atoms with Crippen LogP contribution in [0, 0.1) is 0 Å². The zero-order valence-corrected chi connectivity index (χ0v) is 13.6. The number of carbonyl (C=O) groups is 1. The summed E-state index contributed by atoms with van der Waals surface area (Å²) in [7, 11) is 1.83. The minimum atomic E-state index is 0.0911. The molecular formula is C20H21NO2. The number of fused-ring (bicyclic) bond motifs is 2. The third kappa shape index (κ3) is 3.29. The van der Waals surface area contributed by atoms with Crippen LogP contribution in [0.15, 0.2) is 54.6 Å². The lowest BCUT2D eigenvalue weighted by molar-refractivity contribution is -0.127. The second-order valence-corrected chi connectivity index (χ2v) is 5.79. The molecule has 2 aromatic rings. The first-order valence-electron chi connectivity index (χ1n) is 7.89. The molecule has 3 heteroatoms. The van der Waals surface area contributed by atoms with Crippen molar-refractivity contribution in [2.45, 2.75) is 20.0 Å². The van der Waals surface area contributed by atoms with Gasteiger partial charge in [-0.2, -0.15) is 0 Å². The Bertz CT molecular complexity index is 699. The van der Waals surface area contributed by atoms with Crippen LogP contribution in [0.5, 0.6) is 5.75 Å². The molecule has 23 heavy (non-hydrogen) atoms. The van der Waals surface area contributed by atoms with Crippen LogP contribution in [0.3, 0.4) is 0 Å². The van der Waals surface area contributed by atoms with Crippen molar-refractivity contribution in [1.29, 1.82) is 0 Å². The highest BCUT2D eigenvalue weighted by Gasteiger charge is 2.18. The summed E-state index contributed by atoms with van der Waals surface area (Å²) in [5.74, 6) is 1.00. The summed E-state index contributed by atoms with van der Waals surface area (Å²) in [6.45, 7) is 2.89. The summed E-state index contributed by atoms with van der Waals surface area (Å²) < 4.78 is 5.97. The van der Waals surface area contributed by atoms with E-state index in [4.69, 9.17) is 4.74 Å². The molecule has 1 aliphatic rings. The molecule has 0 saturated carbocycles. The van der Waals surface area contributed by atoms with Crippen molar-refractivity contribution < 1.29 is 9.53 Å². The molecule has 0 aromatic heterocycles. The fourth-order valence-electron chi connectivity index (χ4n) is 2.80. The fourth-order valence-corrected chi connectivity index (χ4v) is 2.80. The van der Waals surface area contributed by atoms with Gasteiger partial charge in [0.05, 0.1) is 0 Å². The van der Waals surface area contributed by atoms with E-state index in [0.717, 1.165) is 17.7 Å². The largest absolute Gasteiger partial charge is 0.488 e. The van der Waals surface area contributed by atoms with Crippen molar-refractivity contribution in [3.8, 4) is 5.75 Å². The zero-order valence-electron chi connectivity index (χ0n) is 13.6. The molecule has 0 N–H and O–H groups in total. The number of benzene rings is 2. The van der Waals surface area contributed by atoms with Crippen molar-refractivity contribution in [3.05, 3.63) is 71.3 Å². The summed E-state index contributed by atoms with van der Waals surface area (Å²) in [6.07, 6.45) is 3.03. The first-order valence-corrected chi connectivity index (χ1v) is 7.89. The van der Waals surface area contributed by atoms with Crippen LogP contribution in [0.25, 0.3) is 5.57 Å². The molecule has 0 atom stereocenters. The highest BCUT2D eigenvalue weighted by Crippen LogP contribution is 2.36. The molecule has 1 heterocycles. The quantitative estimate of drug-likeness (QED) is 0.861. The van der Waals surface area contributed by atoms with Crippen molar-refractivity contribution >= 4 is 11.5 Å². The number of hydrogen-bond acceptors (Lipinski definition) is 2. The predicted octanol–water partition coefficient (Wildman–Crippen LogP) is 3.88. The number of hydrogen-bond donors (Lipinski definition) is 0. The lowest BCUT2D eigenvalue weighted by atomic mass is 9.93. The van der Waals surface area contributed by atoms with E-state index in [2.05, 4.69) is 30.3 Å². The Balaban J connectivity index is 1.98. The third-order valence-electron chi connectivity index (χ3n) is 4.22. The van der Waals surface area contributed by atoms with Gasteiger partial charge in [0, 0.05) is 26.1 Å². The monoisotopic (exact) mass is 307 g/mol. The first kappa shape index (κ1) is 15.3. The molecule has 3 rings (SSSR count). The summed E-state index contributed by atoms with van der Waals surface area (Å²) >= 11 is 0. The molecule has 0 radical (unpaired) electrons. The number of nitrogens with zero attached hydrogens (tertiary/aromatic N) is 1. The minimum absolute atomic E-state index is 0.0911. The van der Waals surface area contributed by atoms with Gasteiger partial charge in [0.25, 0.3) is 0 Å². The Labute approximate surface area is 137 Å². The maximum absolute atomic E-state index is 11.4. The molecular weight excluding hydrogens is 286 g/mol. The molecule has 0 saturated heterocycles. The molecule has 0 unspecified atom stereocenters. The number of amides is 1. The standard InChI is InChI=1S/C20H21NO2/c1-15(22)21(2)13-7-11-18-17-9-4-3-8-16(17)14-23-20-12-6-5-10-19(18)20/h3-6,8-12H,7,13-14H2,1-2H3/b18-11-. The maximum atomic E-state index is 11.4. The van der Waals surface area contributed by atoms with E-state index < -0.39 is 0 Å². The molecule has 1 aliphatic heterocycles. The van der Waals surface area contributed by atoms with Gasteiger partial charge in [0.15, 0.2) is 0 Å². The van der Waals surface area contributed by atoms with Crippen LogP contribution in [0.4, 0.5) is 0 Å². The Morgan fingerprint density at radius 2 is 1.83 bits per heavy atom. The van der Waals surface area contributed by atoms with Crippen LogP contribution in [-0.4, -0.2) is 24.4 Å². The maximum Gasteiger partial charge on any atom is 0.219 e. The highest BCUT2D eigenvalue weighted by atomic mass is 16.5. The smallest absolute Gasteiger partial charge is 0.219 e.